The minimum Gasteiger partial charge on any atom is -0.0654 e. The molecule has 0 aromatic heterocycles. The maximum absolute atomic E-state index is 2.62. The Morgan fingerprint density at radius 3 is 2.38 bits per heavy atom. The second-order valence-electron chi connectivity index (χ2n) is 8.95. The van der Waals surface area contributed by atoms with Gasteiger partial charge >= 0.3 is 0 Å². The summed E-state index contributed by atoms with van der Waals surface area (Å²) in [6.07, 6.45) is 16.8. The minimum absolute atomic E-state index is 1.00. The van der Waals surface area contributed by atoms with Gasteiger partial charge in [-0.25, -0.2) is 0 Å². The molecule has 7 atom stereocenters. The molecule has 3 fully saturated rings. The molecule has 3 rings (SSSR count). The van der Waals surface area contributed by atoms with E-state index >= 15 is 0 Å². The van der Waals surface area contributed by atoms with Crippen molar-refractivity contribution in [2.24, 2.45) is 41.4 Å². The van der Waals surface area contributed by atoms with Crippen molar-refractivity contribution in [1.82, 2.24) is 0 Å². The summed E-state index contributed by atoms with van der Waals surface area (Å²) >= 11 is 0. The third-order valence-corrected chi connectivity index (χ3v) is 7.65. The lowest BCUT2D eigenvalue weighted by Gasteiger charge is -2.43. The zero-order valence-electron chi connectivity index (χ0n) is 14.8. The molecule has 0 heteroatoms. The number of hydrogen-bond donors (Lipinski definition) is 0. The van der Waals surface area contributed by atoms with E-state index in [4.69, 9.17) is 0 Å². The number of hydrogen-bond acceptors (Lipinski definition) is 0. The van der Waals surface area contributed by atoms with Crippen molar-refractivity contribution in [3.8, 4) is 0 Å². The van der Waals surface area contributed by atoms with Gasteiger partial charge in [0.2, 0.25) is 0 Å². The van der Waals surface area contributed by atoms with E-state index < -0.39 is 0 Å². The number of rotatable bonds is 4. The van der Waals surface area contributed by atoms with E-state index in [2.05, 4.69) is 20.8 Å². The van der Waals surface area contributed by atoms with Crippen molar-refractivity contribution in [3.63, 3.8) is 0 Å². The van der Waals surface area contributed by atoms with Gasteiger partial charge in [-0.2, -0.15) is 0 Å². The summed E-state index contributed by atoms with van der Waals surface area (Å²) in [5.74, 6) is 7.45. The van der Waals surface area contributed by atoms with Crippen molar-refractivity contribution in [2.45, 2.75) is 91.4 Å². The topological polar surface area (TPSA) is 0 Å². The lowest BCUT2D eigenvalue weighted by molar-refractivity contribution is 0.0663. The van der Waals surface area contributed by atoms with Gasteiger partial charge in [0, 0.05) is 0 Å². The van der Waals surface area contributed by atoms with Crippen LogP contribution >= 0.6 is 0 Å². The zero-order valence-corrected chi connectivity index (χ0v) is 14.8. The molecule has 0 nitrogen and oxygen atoms in total. The molecule has 0 N–H and O–H groups in total. The zero-order chi connectivity index (χ0) is 14.8. The first-order chi connectivity index (χ1) is 10.2. The van der Waals surface area contributed by atoms with Crippen LogP contribution in [0.3, 0.4) is 0 Å². The highest BCUT2D eigenvalue weighted by atomic mass is 14.5. The van der Waals surface area contributed by atoms with Crippen LogP contribution in [0.15, 0.2) is 0 Å². The van der Waals surface area contributed by atoms with Gasteiger partial charge < -0.3 is 0 Å². The van der Waals surface area contributed by atoms with Gasteiger partial charge in [-0.05, 0) is 73.5 Å². The molecule has 0 aromatic rings. The Bertz CT molecular complexity index is 320. The van der Waals surface area contributed by atoms with Crippen LogP contribution in [0, 0.1) is 41.4 Å². The Hall–Kier alpha value is 0. The van der Waals surface area contributed by atoms with E-state index in [0.717, 1.165) is 41.4 Å². The normalized spacial score (nSPS) is 47.3. The van der Waals surface area contributed by atoms with Crippen LogP contribution in [0.4, 0.5) is 0 Å². The first-order valence-electron chi connectivity index (χ1n) is 10.2. The summed E-state index contributed by atoms with van der Waals surface area (Å²) in [5, 5.41) is 0. The Labute approximate surface area is 133 Å². The molecule has 3 aliphatic carbocycles. The van der Waals surface area contributed by atoms with Crippen molar-refractivity contribution < 1.29 is 0 Å². The lowest BCUT2D eigenvalue weighted by Crippen LogP contribution is -2.35. The van der Waals surface area contributed by atoms with Crippen LogP contribution in [0.25, 0.3) is 0 Å². The van der Waals surface area contributed by atoms with Crippen LogP contribution in [-0.2, 0) is 0 Å². The molecule has 2 bridgehead atoms. The van der Waals surface area contributed by atoms with Crippen molar-refractivity contribution in [3.05, 3.63) is 0 Å². The predicted molar refractivity (Wildman–Crippen MR) is 92.2 cm³/mol. The fraction of sp³-hybridized carbons (Fsp3) is 1.00. The van der Waals surface area contributed by atoms with E-state index in [1.165, 1.54) is 38.5 Å². The fourth-order valence-electron chi connectivity index (χ4n) is 6.66. The molecule has 7 unspecified atom stereocenters. The number of unbranched alkanes of at least 4 members (excludes halogenated alkanes) is 1. The average Bonchev–Trinajstić information content (AvgIpc) is 2.91. The highest BCUT2D eigenvalue weighted by Gasteiger charge is 2.45. The Balaban J connectivity index is 1.75. The molecular weight excluding hydrogens is 252 g/mol. The summed E-state index contributed by atoms with van der Waals surface area (Å²) < 4.78 is 0. The van der Waals surface area contributed by atoms with Gasteiger partial charge in [-0.15, -0.1) is 0 Å². The van der Waals surface area contributed by atoms with E-state index in [1.54, 1.807) is 32.1 Å². The predicted octanol–water partition coefficient (Wildman–Crippen LogP) is 6.69. The third kappa shape index (κ3) is 3.35. The molecule has 0 spiro atoms. The Morgan fingerprint density at radius 2 is 1.57 bits per heavy atom. The smallest absolute Gasteiger partial charge is 0.0329 e. The highest BCUT2D eigenvalue weighted by Crippen LogP contribution is 2.54. The largest absolute Gasteiger partial charge is 0.0654 e. The fourth-order valence-corrected chi connectivity index (χ4v) is 6.66. The molecule has 21 heavy (non-hydrogen) atoms. The number of fused-ring (bicyclic) bond motifs is 2. The second-order valence-corrected chi connectivity index (χ2v) is 8.95. The quantitative estimate of drug-likeness (QED) is 0.541. The second kappa shape index (κ2) is 7.05. The summed E-state index contributed by atoms with van der Waals surface area (Å²) in [7, 11) is 0. The van der Waals surface area contributed by atoms with Crippen LogP contribution < -0.4 is 0 Å². The van der Waals surface area contributed by atoms with Gasteiger partial charge in [-0.3, -0.25) is 0 Å². The molecule has 0 aliphatic heterocycles. The van der Waals surface area contributed by atoms with Gasteiger partial charge in [-0.1, -0.05) is 59.3 Å². The van der Waals surface area contributed by atoms with Crippen molar-refractivity contribution in [1.29, 1.82) is 0 Å². The van der Waals surface area contributed by atoms with E-state index in [1.807, 2.05) is 0 Å². The van der Waals surface area contributed by atoms with Crippen LogP contribution in [0.5, 0.6) is 0 Å². The van der Waals surface area contributed by atoms with Crippen LogP contribution in [0.1, 0.15) is 91.4 Å². The molecule has 0 amide bonds. The molecule has 122 valence electrons. The lowest BCUT2D eigenvalue weighted by atomic mass is 9.62. The van der Waals surface area contributed by atoms with Gasteiger partial charge in [0.1, 0.15) is 0 Å². The van der Waals surface area contributed by atoms with Crippen LogP contribution in [-0.4, -0.2) is 0 Å². The third-order valence-electron chi connectivity index (χ3n) is 7.65. The molecule has 3 aliphatic rings. The summed E-state index contributed by atoms with van der Waals surface area (Å²) in [6.45, 7) is 7.55. The van der Waals surface area contributed by atoms with E-state index in [0.29, 0.717) is 0 Å². The standard InChI is InChI=1S/C21H38/c1-4-5-8-17-9-6-7-10-20(17)21-16(3)13-15(2)18-11-12-19(21)14-18/h15-21H,4-14H2,1-3H3. The minimum atomic E-state index is 1.00. The maximum Gasteiger partial charge on any atom is -0.0329 e. The van der Waals surface area contributed by atoms with E-state index in [9.17, 15) is 0 Å². The molecule has 0 heterocycles. The van der Waals surface area contributed by atoms with Crippen molar-refractivity contribution >= 4 is 0 Å². The first kappa shape index (κ1) is 15.9. The van der Waals surface area contributed by atoms with Gasteiger partial charge in [0.05, 0.1) is 0 Å². The Kier molecular flexibility index (Phi) is 5.33. The molecule has 0 aromatic carbocycles. The summed E-state index contributed by atoms with van der Waals surface area (Å²) in [6, 6.07) is 0. The average molecular weight is 291 g/mol. The van der Waals surface area contributed by atoms with Crippen molar-refractivity contribution in [2.75, 3.05) is 0 Å². The monoisotopic (exact) mass is 290 g/mol. The van der Waals surface area contributed by atoms with Gasteiger partial charge in [0.25, 0.3) is 0 Å². The van der Waals surface area contributed by atoms with Crippen LogP contribution in [0.2, 0.25) is 0 Å². The summed E-state index contributed by atoms with van der Waals surface area (Å²) in [4.78, 5) is 0. The van der Waals surface area contributed by atoms with Gasteiger partial charge in [0.15, 0.2) is 0 Å². The Morgan fingerprint density at radius 1 is 0.810 bits per heavy atom. The molecule has 0 saturated heterocycles. The van der Waals surface area contributed by atoms with E-state index in [-0.39, 0.29) is 0 Å². The first-order valence-corrected chi connectivity index (χ1v) is 10.2. The summed E-state index contributed by atoms with van der Waals surface area (Å²) in [5.41, 5.74) is 0. The highest BCUT2D eigenvalue weighted by molar-refractivity contribution is 4.95. The SMILES string of the molecule is CCCCC1CCCCC1C1C(C)CC(C)C2CCC1C2. The molecule has 0 radical (unpaired) electrons. The maximum atomic E-state index is 2.62. The molecule has 3 saturated carbocycles. The molecular formula is C21H38.